The lowest BCUT2D eigenvalue weighted by molar-refractivity contribution is -0.384. The molecule has 1 aliphatic rings. The number of amides is 1. The van der Waals surface area contributed by atoms with E-state index in [1.54, 1.807) is 0 Å². The van der Waals surface area contributed by atoms with Crippen LogP contribution in [0.1, 0.15) is 23.2 Å². The van der Waals surface area contributed by atoms with E-state index in [0.717, 1.165) is 6.54 Å². The second-order valence-electron chi connectivity index (χ2n) is 4.18. The Hall–Kier alpha value is -2.11. The maximum atomic E-state index is 10.9. The summed E-state index contributed by atoms with van der Waals surface area (Å²) in [6.45, 7) is 0.733. The van der Waals surface area contributed by atoms with Crippen LogP contribution in [0.3, 0.4) is 0 Å². The fraction of sp³-hybridized carbons (Fsp3) is 0.364. The molecule has 0 unspecified atom stereocenters. The molecule has 0 spiro atoms. The van der Waals surface area contributed by atoms with Gasteiger partial charge >= 0.3 is 0 Å². The van der Waals surface area contributed by atoms with Crippen molar-refractivity contribution in [2.75, 3.05) is 11.9 Å². The van der Waals surface area contributed by atoms with E-state index in [2.05, 4.69) is 5.32 Å². The van der Waals surface area contributed by atoms with E-state index in [-0.39, 0.29) is 11.3 Å². The molecule has 0 heterocycles. The maximum absolute atomic E-state index is 10.9. The molecule has 6 heteroatoms. The Morgan fingerprint density at radius 3 is 2.76 bits per heavy atom. The zero-order valence-corrected chi connectivity index (χ0v) is 9.18. The Bertz CT molecular complexity index is 469. The van der Waals surface area contributed by atoms with Crippen molar-refractivity contribution in [3.05, 3.63) is 33.9 Å². The largest absolute Gasteiger partial charge is 0.379 e. The number of nitrogens with zero attached hydrogens (tertiary/aromatic N) is 1. The van der Waals surface area contributed by atoms with Crippen LogP contribution in [0, 0.1) is 16.0 Å². The molecule has 1 aliphatic carbocycles. The van der Waals surface area contributed by atoms with Crippen LogP contribution in [-0.4, -0.2) is 17.4 Å². The first-order valence-corrected chi connectivity index (χ1v) is 5.40. The van der Waals surface area contributed by atoms with Crippen LogP contribution in [0.15, 0.2) is 18.2 Å². The fourth-order valence-corrected chi connectivity index (χ4v) is 1.56. The van der Waals surface area contributed by atoms with Crippen molar-refractivity contribution < 1.29 is 9.72 Å². The summed E-state index contributed by atoms with van der Waals surface area (Å²) < 4.78 is 0. The van der Waals surface area contributed by atoms with Crippen molar-refractivity contribution in [2.24, 2.45) is 11.7 Å². The normalized spacial score (nSPS) is 14.4. The highest BCUT2D eigenvalue weighted by Crippen LogP contribution is 2.31. The molecule has 1 saturated carbocycles. The summed E-state index contributed by atoms with van der Waals surface area (Å²) >= 11 is 0. The Kier molecular flexibility index (Phi) is 2.95. The van der Waals surface area contributed by atoms with Gasteiger partial charge in [-0.3, -0.25) is 14.9 Å². The number of hydrogen-bond acceptors (Lipinski definition) is 4. The average molecular weight is 235 g/mol. The van der Waals surface area contributed by atoms with Crippen LogP contribution in [0.4, 0.5) is 11.4 Å². The van der Waals surface area contributed by atoms with Crippen molar-refractivity contribution >= 4 is 17.3 Å². The number of primary amides is 1. The van der Waals surface area contributed by atoms with E-state index in [1.165, 1.54) is 31.0 Å². The van der Waals surface area contributed by atoms with Gasteiger partial charge in [0, 0.05) is 18.2 Å². The number of nitrogens with one attached hydrogen (secondary N) is 1. The summed E-state index contributed by atoms with van der Waals surface area (Å²) in [4.78, 5) is 21.3. The van der Waals surface area contributed by atoms with Gasteiger partial charge in [-0.05, 0) is 30.9 Å². The molecule has 1 aromatic carbocycles. The number of nitro benzene ring substituents is 1. The van der Waals surface area contributed by atoms with Crippen LogP contribution in [0.25, 0.3) is 0 Å². The number of anilines is 1. The molecule has 6 nitrogen and oxygen atoms in total. The van der Waals surface area contributed by atoms with Gasteiger partial charge in [0.25, 0.3) is 5.69 Å². The highest BCUT2D eigenvalue weighted by Gasteiger charge is 2.23. The molecule has 0 aromatic heterocycles. The summed E-state index contributed by atoms with van der Waals surface area (Å²) in [7, 11) is 0. The first kappa shape index (κ1) is 11.4. The SMILES string of the molecule is NC(=O)c1ccc(NCC2CC2)c([N+](=O)[O-])c1. The van der Waals surface area contributed by atoms with E-state index < -0.39 is 10.8 Å². The minimum Gasteiger partial charge on any atom is -0.379 e. The number of carbonyl (C=O) groups excluding carboxylic acids is 1. The smallest absolute Gasteiger partial charge is 0.293 e. The van der Waals surface area contributed by atoms with Gasteiger partial charge in [-0.1, -0.05) is 0 Å². The Labute approximate surface area is 98.0 Å². The summed E-state index contributed by atoms with van der Waals surface area (Å²) in [6.07, 6.45) is 2.33. The average Bonchev–Trinajstić information content (AvgIpc) is 3.09. The number of nitrogens with two attached hydrogens (primary N) is 1. The van der Waals surface area contributed by atoms with Crippen molar-refractivity contribution in [2.45, 2.75) is 12.8 Å². The predicted molar refractivity (Wildman–Crippen MR) is 62.8 cm³/mol. The van der Waals surface area contributed by atoms with E-state index in [0.29, 0.717) is 11.6 Å². The Balaban J connectivity index is 2.23. The number of rotatable bonds is 5. The van der Waals surface area contributed by atoms with Crippen LogP contribution < -0.4 is 11.1 Å². The lowest BCUT2D eigenvalue weighted by Crippen LogP contribution is -2.12. The fourth-order valence-electron chi connectivity index (χ4n) is 1.56. The molecule has 1 amide bonds. The third-order valence-corrected chi connectivity index (χ3v) is 2.76. The molecule has 90 valence electrons. The van der Waals surface area contributed by atoms with Gasteiger partial charge in [0.2, 0.25) is 5.91 Å². The second-order valence-corrected chi connectivity index (χ2v) is 4.18. The second kappa shape index (κ2) is 4.40. The molecule has 3 N–H and O–H groups in total. The molecule has 0 radical (unpaired) electrons. The molecule has 0 saturated heterocycles. The number of hydrogen-bond donors (Lipinski definition) is 2. The zero-order valence-electron chi connectivity index (χ0n) is 9.18. The van der Waals surface area contributed by atoms with Gasteiger partial charge in [-0.25, -0.2) is 0 Å². The summed E-state index contributed by atoms with van der Waals surface area (Å²) in [5, 5.41) is 13.9. The van der Waals surface area contributed by atoms with Crippen LogP contribution in [0.2, 0.25) is 0 Å². The van der Waals surface area contributed by atoms with Gasteiger partial charge in [-0.2, -0.15) is 0 Å². The molecular formula is C11H13N3O3. The Morgan fingerprint density at radius 2 is 2.24 bits per heavy atom. The standard InChI is InChI=1S/C11H13N3O3/c12-11(15)8-3-4-9(10(5-8)14(16)17)13-6-7-1-2-7/h3-5,7,13H,1-2,6H2,(H2,12,15). The van der Waals surface area contributed by atoms with Crippen LogP contribution in [-0.2, 0) is 0 Å². The van der Waals surface area contributed by atoms with Gasteiger partial charge in [0.1, 0.15) is 5.69 Å². The quantitative estimate of drug-likeness (QED) is 0.597. The van der Waals surface area contributed by atoms with Gasteiger partial charge in [0.15, 0.2) is 0 Å². The topological polar surface area (TPSA) is 98.3 Å². The van der Waals surface area contributed by atoms with Crippen molar-refractivity contribution in [3.63, 3.8) is 0 Å². The van der Waals surface area contributed by atoms with E-state index in [4.69, 9.17) is 5.73 Å². The molecule has 0 aliphatic heterocycles. The highest BCUT2D eigenvalue weighted by molar-refractivity contribution is 5.94. The highest BCUT2D eigenvalue weighted by atomic mass is 16.6. The first-order valence-electron chi connectivity index (χ1n) is 5.40. The molecule has 2 rings (SSSR count). The molecule has 17 heavy (non-hydrogen) atoms. The van der Waals surface area contributed by atoms with E-state index >= 15 is 0 Å². The summed E-state index contributed by atoms with van der Waals surface area (Å²) in [5.74, 6) is -0.0488. The van der Waals surface area contributed by atoms with Crippen LogP contribution >= 0.6 is 0 Å². The molecule has 0 bridgehead atoms. The summed E-state index contributed by atoms with van der Waals surface area (Å²) in [6, 6.07) is 4.22. The van der Waals surface area contributed by atoms with Crippen molar-refractivity contribution in [1.29, 1.82) is 0 Å². The van der Waals surface area contributed by atoms with Gasteiger partial charge in [0.05, 0.1) is 4.92 Å². The third kappa shape index (κ3) is 2.72. The van der Waals surface area contributed by atoms with E-state index in [9.17, 15) is 14.9 Å². The molecule has 0 atom stereocenters. The first-order chi connectivity index (χ1) is 8.08. The molecular weight excluding hydrogens is 222 g/mol. The zero-order chi connectivity index (χ0) is 12.4. The molecule has 1 fully saturated rings. The summed E-state index contributed by atoms with van der Waals surface area (Å²) in [5.41, 5.74) is 5.56. The van der Waals surface area contributed by atoms with E-state index in [1.807, 2.05) is 0 Å². The number of nitro groups is 1. The number of benzene rings is 1. The Morgan fingerprint density at radius 1 is 1.53 bits per heavy atom. The number of carbonyl (C=O) groups is 1. The monoisotopic (exact) mass is 235 g/mol. The lowest BCUT2D eigenvalue weighted by Gasteiger charge is -2.06. The molecule has 1 aromatic rings. The lowest BCUT2D eigenvalue weighted by atomic mass is 10.1. The van der Waals surface area contributed by atoms with Crippen LogP contribution in [0.5, 0.6) is 0 Å². The minimum atomic E-state index is -0.665. The minimum absolute atomic E-state index is 0.109. The van der Waals surface area contributed by atoms with Crippen molar-refractivity contribution in [3.8, 4) is 0 Å². The predicted octanol–water partition coefficient (Wildman–Crippen LogP) is 1.52. The van der Waals surface area contributed by atoms with Gasteiger partial charge < -0.3 is 11.1 Å². The third-order valence-electron chi connectivity index (χ3n) is 2.76. The van der Waals surface area contributed by atoms with Gasteiger partial charge in [-0.15, -0.1) is 0 Å². The van der Waals surface area contributed by atoms with Crippen molar-refractivity contribution in [1.82, 2.24) is 0 Å². The maximum Gasteiger partial charge on any atom is 0.293 e.